The summed E-state index contributed by atoms with van der Waals surface area (Å²) in [6.07, 6.45) is 1.93. The highest BCUT2D eigenvalue weighted by atomic mass is 32.2. The highest BCUT2D eigenvalue weighted by Crippen LogP contribution is 2.41. The minimum Gasteiger partial charge on any atom is -0.258 e. The highest BCUT2D eigenvalue weighted by Gasteiger charge is 2.21. The van der Waals surface area contributed by atoms with Gasteiger partial charge in [0, 0.05) is 16.7 Å². The van der Waals surface area contributed by atoms with Crippen LogP contribution in [0.25, 0.3) is 0 Å². The first-order chi connectivity index (χ1) is 7.22. The van der Waals surface area contributed by atoms with Crippen LogP contribution >= 0.6 is 23.5 Å². The van der Waals surface area contributed by atoms with Crippen LogP contribution in [0.5, 0.6) is 0 Å². The summed E-state index contributed by atoms with van der Waals surface area (Å²) in [7, 11) is 0. The average molecular weight is 240 g/mol. The molecule has 4 nitrogen and oxygen atoms in total. The molecule has 78 valence electrons. The van der Waals surface area contributed by atoms with Gasteiger partial charge in [0.2, 0.25) is 0 Å². The predicted octanol–water partition coefficient (Wildman–Crippen LogP) is 3.09. The Labute approximate surface area is 95.3 Å². The Hall–Kier alpha value is -1.01. The molecule has 1 aliphatic heterocycles. The number of benzene rings is 1. The first-order valence-corrected chi connectivity index (χ1v) is 6.45. The zero-order valence-corrected chi connectivity index (χ0v) is 9.60. The number of hydrogen-bond donors (Lipinski definition) is 0. The van der Waals surface area contributed by atoms with E-state index >= 15 is 0 Å². The number of rotatable bonds is 1. The van der Waals surface area contributed by atoms with Crippen LogP contribution in [0.1, 0.15) is 0 Å². The van der Waals surface area contributed by atoms with E-state index in [0.717, 1.165) is 15.7 Å². The Balaban J connectivity index is 2.55. The topological polar surface area (TPSA) is 55.5 Å². The van der Waals surface area contributed by atoms with Crippen molar-refractivity contribution in [2.24, 2.45) is 4.99 Å². The van der Waals surface area contributed by atoms with E-state index in [1.165, 1.54) is 17.8 Å². The average Bonchev–Trinajstić information content (AvgIpc) is 2.27. The van der Waals surface area contributed by atoms with Crippen LogP contribution in [-0.4, -0.2) is 22.0 Å². The molecular formula is C9H8N2O2S2. The van der Waals surface area contributed by atoms with Crippen LogP contribution in [0.4, 0.5) is 11.4 Å². The van der Waals surface area contributed by atoms with Crippen molar-refractivity contribution in [1.29, 1.82) is 0 Å². The van der Waals surface area contributed by atoms with Gasteiger partial charge >= 0.3 is 0 Å². The fraction of sp³-hybridized carbons (Fsp3) is 0.222. The van der Waals surface area contributed by atoms with E-state index in [1.807, 2.05) is 12.3 Å². The molecule has 15 heavy (non-hydrogen) atoms. The van der Waals surface area contributed by atoms with Crippen LogP contribution in [0, 0.1) is 10.1 Å². The van der Waals surface area contributed by atoms with Gasteiger partial charge in [0.15, 0.2) is 5.69 Å². The summed E-state index contributed by atoms with van der Waals surface area (Å²) in [6, 6.07) is 5.06. The molecule has 1 heterocycles. The quantitative estimate of drug-likeness (QED) is 0.559. The lowest BCUT2D eigenvalue weighted by Crippen LogP contribution is -2.01. The standard InChI is InChI=1S/C9H8N2O2S2/c1-14-8-5-15-7-4-2-3-6(11(12)13)9(7)10-8/h2-4H,5H2,1H3. The molecule has 0 N–H and O–H groups in total. The molecule has 6 heteroatoms. The van der Waals surface area contributed by atoms with Gasteiger partial charge in [-0.15, -0.1) is 23.5 Å². The molecule has 0 spiro atoms. The Morgan fingerprint density at radius 1 is 1.60 bits per heavy atom. The Kier molecular flexibility index (Phi) is 2.97. The van der Waals surface area contributed by atoms with Crippen LogP contribution in [0.15, 0.2) is 28.1 Å². The molecule has 0 saturated heterocycles. The lowest BCUT2D eigenvalue weighted by atomic mass is 10.3. The third-order valence-electron chi connectivity index (χ3n) is 2.00. The number of para-hydroxylation sites is 1. The van der Waals surface area contributed by atoms with Crippen LogP contribution in [0.2, 0.25) is 0 Å². The first-order valence-electron chi connectivity index (χ1n) is 4.24. The fourth-order valence-corrected chi connectivity index (χ4v) is 2.92. The third-order valence-corrected chi connectivity index (χ3v) is 3.95. The summed E-state index contributed by atoms with van der Waals surface area (Å²) >= 11 is 3.13. The van der Waals surface area contributed by atoms with E-state index in [1.54, 1.807) is 17.8 Å². The molecule has 0 bridgehead atoms. The summed E-state index contributed by atoms with van der Waals surface area (Å²) in [4.78, 5) is 15.6. The molecule has 0 saturated carbocycles. The van der Waals surface area contributed by atoms with Gasteiger partial charge in [-0.25, -0.2) is 4.99 Å². The molecule has 2 rings (SSSR count). The fourth-order valence-electron chi connectivity index (χ4n) is 1.29. The summed E-state index contributed by atoms with van der Waals surface area (Å²) in [5, 5.41) is 11.7. The van der Waals surface area contributed by atoms with Crippen molar-refractivity contribution in [3.8, 4) is 0 Å². The summed E-state index contributed by atoms with van der Waals surface area (Å²) in [5.74, 6) is 0.801. The molecule has 1 aliphatic rings. The maximum absolute atomic E-state index is 10.8. The van der Waals surface area contributed by atoms with E-state index in [0.29, 0.717) is 5.69 Å². The SMILES string of the molecule is CSC1=Nc2c(cccc2[N+](=O)[O-])SC1. The maximum Gasteiger partial charge on any atom is 0.296 e. The number of thioether (sulfide) groups is 2. The first kappa shape index (κ1) is 10.5. The zero-order chi connectivity index (χ0) is 10.8. The smallest absolute Gasteiger partial charge is 0.258 e. The van der Waals surface area contributed by atoms with E-state index in [9.17, 15) is 10.1 Å². The van der Waals surface area contributed by atoms with Crippen LogP contribution in [0.3, 0.4) is 0 Å². The maximum atomic E-state index is 10.8. The number of nitro benzene ring substituents is 1. The van der Waals surface area contributed by atoms with Crippen molar-refractivity contribution in [2.75, 3.05) is 12.0 Å². The minimum absolute atomic E-state index is 0.0891. The second kappa shape index (κ2) is 4.24. The van der Waals surface area contributed by atoms with Crippen molar-refractivity contribution in [1.82, 2.24) is 0 Å². The zero-order valence-electron chi connectivity index (χ0n) is 7.97. The van der Waals surface area contributed by atoms with Crippen molar-refractivity contribution in [2.45, 2.75) is 4.90 Å². The summed E-state index contributed by atoms with van der Waals surface area (Å²) in [5.41, 5.74) is 0.592. The molecule has 1 aromatic rings. The van der Waals surface area contributed by atoms with Crippen molar-refractivity contribution in [3.63, 3.8) is 0 Å². The summed E-state index contributed by atoms with van der Waals surface area (Å²) in [6.45, 7) is 0. The van der Waals surface area contributed by atoms with Crippen molar-refractivity contribution in [3.05, 3.63) is 28.3 Å². The normalized spacial score (nSPS) is 14.3. The second-order valence-electron chi connectivity index (χ2n) is 2.88. The van der Waals surface area contributed by atoms with Gasteiger partial charge < -0.3 is 0 Å². The van der Waals surface area contributed by atoms with Crippen LogP contribution < -0.4 is 0 Å². The predicted molar refractivity (Wildman–Crippen MR) is 64.4 cm³/mol. The molecule has 0 radical (unpaired) electrons. The van der Waals surface area contributed by atoms with Gasteiger partial charge in [-0.05, 0) is 12.3 Å². The van der Waals surface area contributed by atoms with Gasteiger partial charge in [0.05, 0.1) is 9.97 Å². The number of aliphatic imine (C=N–C) groups is 1. The molecule has 0 aliphatic carbocycles. The summed E-state index contributed by atoms with van der Waals surface area (Å²) < 4.78 is 0. The van der Waals surface area contributed by atoms with Crippen molar-refractivity contribution < 1.29 is 4.92 Å². The van der Waals surface area contributed by atoms with Crippen molar-refractivity contribution >= 4 is 39.9 Å². The van der Waals surface area contributed by atoms with E-state index < -0.39 is 0 Å². The van der Waals surface area contributed by atoms with E-state index in [-0.39, 0.29) is 10.6 Å². The number of nitrogens with zero attached hydrogens (tertiary/aromatic N) is 2. The van der Waals surface area contributed by atoms with Gasteiger partial charge in [0.25, 0.3) is 5.69 Å². The molecule has 0 atom stereocenters. The van der Waals surface area contributed by atoms with Gasteiger partial charge in [-0.1, -0.05) is 6.07 Å². The second-order valence-corrected chi connectivity index (χ2v) is 4.78. The number of fused-ring (bicyclic) bond motifs is 1. The third kappa shape index (κ3) is 2.00. The molecule has 0 amide bonds. The molecular weight excluding hydrogens is 232 g/mol. The van der Waals surface area contributed by atoms with Gasteiger partial charge in [0.1, 0.15) is 0 Å². The lowest BCUT2D eigenvalue weighted by molar-refractivity contribution is -0.384. The Morgan fingerprint density at radius 2 is 2.40 bits per heavy atom. The van der Waals surface area contributed by atoms with Gasteiger partial charge in [-0.3, -0.25) is 10.1 Å². The van der Waals surface area contributed by atoms with E-state index in [2.05, 4.69) is 4.99 Å². The van der Waals surface area contributed by atoms with Crippen LogP contribution in [-0.2, 0) is 0 Å². The highest BCUT2D eigenvalue weighted by molar-refractivity contribution is 8.15. The molecule has 0 aromatic heterocycles. The number of nitro groups is 1. The molecule has 1 aromatic carbocycles. The lowest BCUT2D eigenvalue weighted by Gasteiger charge is -2.12. The molecule has 0 fully saturated rings. The van der Waals surface area contributed by atoms with Gasteiger partial charge in [-0.2, -0.15) is 0 Å². The minimum atomic E-state index is -0.383. The monoisotopic (exact) mass is 240 g/mol. The van der Waals surface area contributed by atoms with E-state index in [4.69, 9.17) is 0 Å². The number of hydrogen-bond acceptors (Lipinski definition) is 5. The molecule has 0 unspecified atom stereocenters. The largest absolute Gasteiger partial charge is 0.296 e. The Morgan fingerprint density at radius 3 is 3.07 bits per heavy atom. The Bertz CT molecular complexity index is 446.